The van der Waals surface area contributed by atoms with Gasteiger partial charge in [-0.3, -0.25) is 9.59 Å². The van der Waals surface area contributed by atoms with Gasteiger partial charge in [-0.2, -0.15) is 0 Å². The van der Waals surface area contributed by atoms with E-state index in [4.69, 9.17) is 0 Å². The molecule has 1 amide bonds. The molecule has 4 heteroatoms. The molecule has 1 aliphatic rings. The molecule has 0 atom stereocenters. The first-order valence-electron chi connectivity index (χ1n) is 3.24. The number of fused-ring (bicyclic) bond motifs is 1. The Morgan fingerprint density at radius 1 is 1.08 bits per heavy atom. The van der Waals surface area contributed by atoms with Crippen LogP contribution in [0.3, 0.4) is 0 Å². The van der Waals surface area contributed by atoms with E-state index in [1.165, 1.54) is 0 Å². The van der Waals surface area contributed by atoms with Crippen LogP contribution in [0.2, 0.25) is 0 Å². The van der Waals surface area contributed by atoms with Gasteiger partial charge in [-0.15, -0.1) is 0 Å². The van der Waals surface area contributed by atoms with E-state index in [1.54, 1.807) is 24.3 Å². The molecule has 62 valence electrons. The van der Waals surface area contributed by atoms with Gasteiger partial charge in [-0.25, -0.2) is 0 Å². The van der Waals surface area contributed by atoms with Crippen LogP contribution in [0.25, 0.3) is 0 Å². The predicted octanol–water partition coefficient (Wildman–Crippen LogP) is 0.983. The Labute approximate surface area is 69.2 Å². The Bertz CT molecular complexity index is 347. The van der Waals surface area contributed by atoms with Crippen molar-refractivity contribution in [3.05, 3.63) is 29.8 Å². The highest BCUT2D eigenvalue weighted by molar-refractivity contribution is 6.51. The summed E-state index contributed by atoms with van der Waals surface area (Å²) in [5.41, 5.74) is 1.08. The lowest BCUT2D eigenvalue weighted by molar-refractivity contribution is -0.112. The Kier molecular flexibility index (Phi) is 1.93. The number of carbonyl (C=O) groups is 2. The van der Waals surface area contributed by atoms with Gasteiger partial charge in [0.15, 0.2) is 0 Å². The molecule has 1 aromatic carbocycles. The standard InChI is InChI=1S/C8H5NO2.H3N/c10-7-5-3-1-2-4-6(5)9-8(7)11;/h1-4H,(H,9,10,11);1H3. The number of hydrogen-bond donors (Lipinski definition) is 2. The number of amides is 1. The number of Topliss-reactive ketones (excluding diaryl/α,β-unsaturated/α-hetero) is 1. The van der Waals surface area contributed by atoms with Crippen LogP contribution >= 0.6 is 0 Å². The zero-order valence-corrected chi connectivity index (χ0v) is 6.33. The van der Waals surface area contributed by atoms with E-state index in [1.807, 2.05) is 0 Å². The average molecular weight is 164 g/mol. The van der Waals surface area contributed by atoms with Gasteiger partial charge in [0, 0.05) is 0 Å². The molecule has 0 saturated carbocycles. The summed E-state index contributed by atoms with van der Waals surface area (Å²) in [6.07, 6.45) is 0. The number of hydrogen-bond acceptors (Lipinski definition) is 3. The van der Waals surface area contributed by atoms with Gasteiger partial charge < -0.3 is 11.5 Å². The zero-order valence-electron chi connectivity index (χ0n) is 6.33. The molecule has 0 unspecified atom stereocenters. The maximum absolute atomic E-state index is 11.0. The first-order valence-corrected chi connectivity index (χ1v) is 3.24. The molecule has 2 rings (SSSR count). The number of anilines is 1. The normalized spacial score (nSPS) is 13.3. The molecule has 0 radical (unpaired) electrons. The minimum absolute atomic E-state index is 0. The van der Waals surface area contributed by atoms with Crippen molar-refractivity contribution in [1.29, 1.82) is 0 Å². The lowest BCUT2D eigenvalue weighted by Crippen LogP contribution is -2.12. The summed E-state index contributed by atoms with van der Waals surface area (Å²) in [7, 11) is 0. The van der Waals surface area contributed by atoms with Crippen molar-refractivity contribution >= 4 is 17.4 Å². The minimum Gasteiger partial charge on any atom is -0.344 e. The van der Waals surface area contributed by atoms with Crippen molar-refractivity contribution in [3.63, 3.8) is 0 Å². The van der Waals surface area contributed by atoms with Gasteiger partial charge in [-0.1, -0.05) is 12.1 Å². The van der Waals surface area contributed by atoms with Crippen molar-refractivity contribution in [2.45, 2.75) is 0 Å². The summed E-state index contributed by atoms with van der Waals surface area (Å²) >= 11 is 0. The molecule has 4 nitrogen and oxygen atoms in total. The number of carbonyl (C=O) groups excluding carboxylic acids is 2. The Morgan fingerprint density at radius 2 is 1.75 bits per heavy atom. The highest BCUT2D eigenvalue weighted by Crippen LogP contribution is 2.21. The molecule has 0 fully saturated rings. The van der Waals surface area contributed by atoms with Gasteiger partial charge in [0.25, 0.3) is 11.7 Å². The van der Waals surface area contributed by atoms with Crippen molar-refractivity contribution in [1.82, 2.24) is 6.15 Å². The summed E-state index contributed by atoms with van der Waals surface area (Å²) in [6.45, 7) is 0. The van der Waals surface area contributed by atoms with Crippen LogP contribution in [0, 0.1) is 0 Å². The van der Waals surface area contributed by atoms with Gasteiger partial charge in [0.1, 0.15) is 0 Å². The van der Waals surface area contributed by atoms with Crippen molar-refractivity contribution in [2.24, 2.45) is 0 Å². The van der Waals surface area contributed by atoms with Gasteiger partial charge in [0.05, 0.1) is 11.3 Å². The van der Waals surface area contributed by atoms with Crippen LogP contribution in [0.1, 0.15) is 10.4 Å². The van der Waals surface area contributed by atoms with Crippen LogP contribution in [0.4, 0.5) is 5.69 Å². The third-order valence-electron chi connectivity index (χ3n) is 1.63. The van der Waals surface area contributed by atoms with Crippen LogP contribution in [-0.4, -0.2) is 11.7 Å². The fourth-order valence-corrected chi connectivity index (χ4v) is 1.09. The van der Waals surface area contributed by atoms with Crippen molar-refractivity contribution in [2.75, 3.05) is 5.32 Å². The fraction of sp³-hybridized carbons (Fsp3) is 0. The van der Waals surface area contributed by atoms with Crippen LogP contribution < -0.4 is 11.5 Å². The van der Waals surface area contributed by atoms with E-state index < -0.39 is 11.7 Å². The first-order chi connectivity index (χ1) is 5.29. The lowest BCUT2D eigenvalue weighted by atomic mass is 10.1. The summed E-state index contributed by atoms with van der Waals surface area (Å²) in [6, 6.07) is 6.85. The number of nitrogens with one attached hydrogen (secondary N) is 1. The Morgan fingerprint density at radius 3 is 2.42 bits per heavy atom. The maximum Gasteiger partial charge on any atom is 0.296 e. The van der Waals surface area contributed by atoms with E-state index in [-0.39, 0.29) is 6.15 Å². The zero-order chi connectivity index (χ0) is 7.84. The minimum atomic E-state index is -0.536. The quantitative estimate of drug-likeness (QED) is 0.561. The molecular formula is C8H8N2O2. The SMILES string of the molecule is N.O=C1Nc2ccccc2C1=O. The summed E-state index contributed by atoms with van der Waals surface area (Å²) in [5, 5.41) is 2.46. The van der Waals surface area contributed by atoms with E-state index in [9.17, 15) is 9.59 Å². The van der Waals surface area contributed by atoms with Crippen LogP contribution in [0.15, 0.2) is 24.3 Å². The van der Waals surface area contributed by atoms with Crippen LogP contribution in [0.5, 0.6) is 0 Å². The second-order valence-corrected chi connectivity index (χ2v) is 2.33. The second kappa shape index (κ2) is 2.75. The topological polar surface area (TPSA) is 81.2 Å². The van der Waals surface area contributed by atoms with Crippen molar-refractivity contribution < 1.29 is 9.59 Å². The van der Waals surface area contributed by atoms with Gasteiger partial charge in [-0.05, 0) is 12.1 Å². The summed E-state index contributed by atoms with van der Waals surface area (Å²) in [4.78, 5) is 21.8. The predicted molar refractivity (Wildman–Crippen MR) is 44.4 cm³/mol. The van der Waals surface area contributed by atoms with Gasteiger partial charge in [0.2, 0.25) is 0 Å². The molecule has 4 N–H and O–H groups in total. The average Bonchev–Trinajstić information content (AvgIpc) is 2.30. The number of para-hydroxylation sites is 1. The molecule has 12 heavy (non-hydrogen) atoms. The largest absolute Gasteiger partial charge is 0.344 e. The summed E-state index contributed by atoms with van der Waals surface area (Å²) in [5.74, 6) is -0.980. The maximum atomic E-state index is 11.0. The fourth-order valence-electron chi connectivity index (χ4n) is 1.09. The smallest absolute Gasteiger partial charge is 0.296 e. The monoisotopic (exact) mass is 164 g/mol. The molecular weight excluding hydrogens is 156 g/mol. The number of rotatable bonds is 0. The molecule has 0 aliphatic carbocycles. The lowest BCUT2D eigenvalue weighted by Gasteiger charge is -1.91. The molecule has 1 heterocycles. The number of benzene rings is 1. The van der Waals surface area contributed by atoms with E-state index in [2.05, 4.69) is 5.32 Å². The molecule has 0 saturated heterocycles. The molecule has 0 spiro atoms. The van der Waals surface area contributed by atoms with E-state index in [0.717, 1.165) is 0 Å². The first kappa shape index (κ1) is 8.42. The highest BCUT2D eigenvalue weighted by atomic mass is 16.2. The molecule has 0 bridgehead atoms. The van der Waals surface area contributed by atoms with E-state index >= 15 is 0 Å². The summed E-state index contributed by atoms with van der Waals surface area (Å²) < 4.78 is 0. The third kappa shape index (κ3) is 0.981. The Balaban J connectivity index is 0.000000720. The van der Waals surface area contributed by atoms with E-state index in [0.29, 0.717) is 11.3 Å². The van der Waals surface area contributed by atoms with Gasteiger partial charge >= 0.3 is 0 Å². The molecule has 0 aromatic heterocycles. The van der Waals surface area contributed by atoms with Crippen LogP contribution in [-0.2, 0) is 4.79 Å². The number of ketones is 1. The molecule has 1 aliphatic heterocycles. The molecule has 1 aromatic rings. The van der Waals surface area contributed by atoms with Crippen molar-refractivity contribution in [3.8, 4) is 0 Å². The highest BCUT2D eigenvalue weighted by Gasteiger charge is 2.26. The second-order valence-electron chi connectivity index (χ2n) is 2.33. The third-order valence-corrected chi connectivity index (χ3v) is 1.63. The Hall–Kier alpha value is -1.68.